The third-order valence-corrected chi connectivity index (χ3v) is 5.60. The topological polar surface area (TPSA) is 52.3 Å². The Morgan fingerprint density at radius 1 is 1.19 bits per heavy atom. The van der Waals surface area contributed by atoms with E-state index in [4.69, 9.17) is 10.5 Å². The smallest absolute Gasteiger partial charge is 0.419 e. The second-order valence-corrected chi connectivity index (χ2v) is 7.87. The molecule has 1 saturated carbocycles. The maximum atomic E-state index is 15.5. The van der Waals surface area contributed by atoms with E-state index in [1.165, 1.54) is 6.92 Å². The lowest BCUT2D eigenvalue weighted by atomic mass is 9.87. The van der Waals surface area contributed by atoms with Crippen molar-refractivity contribution in [2.24, 2.45) is 5.73 Å². The van der Waals surface area contributed by atoms with Crippen molar-refractivity contribution in [2.45, 2.75) is 58.2 Å². The van der Waals surface area contributed by atoms with Crippen molar-refractivity contribution in [3.63, 3.8) is 0 Å². The van der Waals surface area contributed by atoms with Crippen LogP contribution in [-0.2, 0) is 15.7 Å². The summed E-state index contributed by atoms with van der Waals surface area (Å²) in [6.45, 7) is 4.93. The largest absolute Gasteiger partial charge is 0.466 e. The van der Waals surface area contributed by atoms with Crippen LogP contribution in [0.5, 0.6) is 0 Å². The van der Waals surface area contributed by atoms with Gasteiger partial charge < -0.3 is 10.5 Å². The maximum Gasteiger partial charge on any atom is 0.419 e. The Labute approximate surface area is 177 Å². The molecule has 3 rings (SSSR count). The summed E-state index contributed by atoms with van der Waals surface area (Å²) < 4.78 is 76.0. The first-order valence-corrected chi connectivity index (χ1v) is 10.1. The minimum atomic E-state index is -5.07. The molecule has 0 aliphatic heterocycles. The van der Waals surface area contributed by atoms with Crippen molar-refractivity contribution in [1.82, 2.24) is 0 Å². The Kier molecular flexibility index (Phi) is 6.41. The molecule has 0 unspecified atom stereocenters. The second-order valence-electron chi connectivity index (χ2n) is 7.87. The fraction of sp³-hybridized carbons (Fsp3) is 0.435. The van der Waals surface area contributed by atoms with Crippen LogP contribution in [0.25, 0.3) is 11.1 Å². The monoisotopic (exact) mass is 441 g/mol. The van der Waals surface area contributed by atoms with E-state index < -0.39 is 47.4 Å². The molecule has 0 aromatic heterocycles. The summed E-state index contributed by atoms with van der Waals surface area (Å²) in [5.74, 6) is -3.56. The summed E-state index contributed by atoms with van der Waals surface area (Å²) in [5, 5.41) is 0. The third-order valence-electron chi connectivity index (χ3n) is 5.60. The van der Waals surface area contributed by atoms with Crippen LogP contribution in [0, 0.1) is 25.5 Å². The van der Waals surface area contributed by atoms with E-state index in [-0.39, 0.29) is 23.7 Å². The number of nitrogens with two attached hydrogens (primary N) is 1. The summed E-state index contributed by atoms with van der Waals surface area (Å²) in [6, 6.07) is 2.49. The number of alkyl halides is 3. The fourth-order valence-corrected chi connectivity index (χ4v) is 3.99. The van der Waals surface area contributed by atoms with E-state index in [1.54, 1.807) is 19.9 Å². The van der Waals surface area contributed by atoms with Crippen molar-refractivity contribution in [3.8, 4) is 11.1 Å². The Morgan fingerprint density at radius 2 is 1.84 bits per heavy atom. The Morgan fingerprint density at radius 3 is 2.39 bits per heavy atom. The lowest BCUT2D eigenvalue weighted by Gasteiger charge is -2.22. The van der Waals surface area contributed by atoms with Gasteiger partial charge in [0.1, 0.15) is 11.6 Å². The fourth-order valence-electron chi connectivity index (χ4n) is 3.99. The molecular formula is C23H24F5NO2. The predicted octanol–water partition coefficient (Wildman–Crippen LogP) is 6.10. The molecule has 8 heteroatoms. The van der Waals surface area contributed by atoms with Gasteiger partial charge in [0.15, 0.2) is 0 Å². The average Bonchev–Trinajstić information content (AvgIpc) is 3.47. The van der Waals surface area contributed by atoms with Crippen LogP contribution in [0.4, 0.5) is 22.0 Å². The van der Waals surface area contributed by atoms with Crippen molar-refractivity contribution < 1.29 is 31.5 Å². The molecule has 1 aliphatic carbocycles. The summed E-state index contributed by atoms with van der Waals surface area (Å²) in [7, 11) is 0. The van der Waals surface area contributed by atoms with E-state index in [9.17, 15) is 22.4 Å². The molecule has 2 aromatic rings. The van der Waals surface area contributed by atoms with Crippen LogP contribution in [0.1, 0.15) is 66.0 Å². The quantitative estimate of drug-likeness (QED) is 0.436. The lowest BCUT2D eigenvalue weighted by Crippen LogP contribution is -2.22. The van der Waals surface area contributed by atoms with Gasteiger partial charge in [0.05, 0.1) is 18.6 Å². The number of hydrogen-bond donors (Lipinski definition) is 1. The van der Waals surface area contributed by atoms with Gasteiger partial charge >= 0.3 is 12.1 Å². The Hall–Kier alpha value is -2.48. The van der Waals surface area contributed by atoms with Gasteiger partial charge in [0, 0.05) is 17.2 Å². The summed E-state index contributed by atoms with van der Waals surface area (Å²) in [6.07, 6.45) is -3.80. The maximum absolute atomic E-state index is 15.5. The zero-order valence-corrected chi connectivity index (χ0v) is 17.5. The highest BCUT2D eigenvalue weighted by Gasteiger charge is 2.39. The summed E-state index contributed by atoms with van der Waals surface area (Å²) >= 11 is 0. The van der Waals surface area contributed by atoms with E-state index in [0.29, 0.717) is 17.2 Å². The first kappa shape index (κ1) is 23.2. The van der Waals surface area contributed by atoms with E-state index in [2.05, 4.69) is 0 Å². The normalized spacial score (nSPS) is 15.1. The summed E-state index contributed by atoms with van der Waals surface area (Å²) in [5.41, 5.74) is 5.30. The first-order valence-electron chi connectivity index (χ1n) is 10.1. The third kappa shape index (κ3) is 4.59. The van der Waals surface area contributed by atoms with Crippen LogP contribution in [0.3, 0.4) is 0 Å². The molecule has 2 aromatic carbocycles. The van der Waals surface area contributed by atoms with Gasteiger partial charge in [0.25, 0.3) is 0 Å². The van der Waals surface area contributed by atoms with E-state index >= 15 is 4.39 Å². The lowest BCUT2D eigenvalue weighted by molar-refractivity contribution is -0.143. The van der Waals surface area contributed by atoms with Gasteiger partial charge in [-0.3, -0.25) is 4.79 Å². The SMILES string of the molecule is CCOC(=O)C[C@H](N)c1c(F)c(-c2c(C)ccc(C3CC3)c2C)cc(C(F)(F)F)c1F. The van der Waals surface area contributed by atoms with Gasteiger partial charge in [-0.2, -0.15) is 13.2 Å². The molecule has 2 N–H and O–H groups in total. The van der Waals surface area contributed by atoms with Crippen LogP contribution in [0.2, 0.25) is 0 Å². The number of halogens is 5. The number of aryl methyl sites for hydroxylation is 1. The highest BCUT2D eigenvalue weighted by Crippen LogP contribution is 2.46. The Balaban J connectivity index is 2.25. The molecule has 31 heavy (non-hydrogen) atoms. The zero-order chi connectivity index (χ0) is 23.1. The van der Waals surface area contributed by atoms with E-state index in [0.717, 1.165) is 18.4 Å². The Bertz CT molecular complexity index is 1010. The van der Waals surface area contributed by atoms with Crippen molar-refractivity contribution in [3.05, 3.63) is 57.7 Å². The van der Waals surface area contributed by atoms with Crippen LogP contribution < -0.4 is 5.73 Å². The number of esters is 1. The first-order chi connectivity index (χ1) is 14.5. The number of benzene rings is 2. The van der Waals surface area contributed by atoms with Crippen molar-refractivity contribution in [1.29, 1.82) is 0 Å². The molecule has 0 heterocycles. The van der Waals surface area contributed by atoms with Crippen molar-refractivity contribution in [2.75, 3.05) is 6.61 Å². The summed E-state index contributed by atoms with van der Waals surface area (Å²) in [4.78, 5) is 11.8. The standard InChI is InChI=1S/C23H24F5NO2/c1-4-31-18(30)10-17(29)20-21(24)15(9-16(22(20)25)23(26,27)28)19-11(2)5-8-14(12(19)3)13-6-7-13/h5,8-9,13,17H,4,6-7,10,29H2,1-3H3/t17-/m0/s1. The molecule has 168 valence electrons. The number of carbonyl (C=O) groups is 1. The minimum absolute atomic E-state index is 0.0106. The molecule has 1 aliphatic rings. The molecule has 0 radical (unpaired) electrons. The molecule has 0 bridgehead atoms. The minimum Gasteiger partial charge on any atom is -0.466 e. The van der Waals surface area contributed by atoms with Gasteiger partial charge in [-0.1, -0.05) is 12.1 Å². The highest BCUT2D eigenvalue weighted by atomic mass is 19.4. The zero-order valence-electron chi connectivity index (χ0n) is 17.5. The molecule has 1 fully saturated rings. The van der Waals surface area contributed by atoms with Gasteiger partial charge in [0.2, 0.25) is 0 Å². The van der Waals surface area contributed by atoms with Crippen molar-refractivity contribution >= 4 is 5.97 Å². The molecule has 0 amide bonds. The average molecular weight is 441 g/mol. The highest BCUT2D eigenvalue weighted by molar-refractivity contribution is 5.75. The molecule has 0 spiro atoms. The predicted molar refractivity (Wildman–Crippen MR) is 106 cm³/mol. The molecule has 0 saturated heterocycles. The number of carbonyl (C=O) groups excluding carboxylic acids is 1. The van der Waals surface area contributed by atoms with Gasteiger partial charge in [-0.05, 0) is 67.9 Å². The number of hydrogen-bond acceptors (Lipinski definition) is 3. The second kappa shape index (κ2) is 8.57. The number of ether oxygens (including phenoxy) is 1. The molecular weight excluding hydrogens is 417 g/mol. The van der Waals surface area contributed by atoms with Crippen LogP contribution in [-0.4, -0.2) is 12.6 Å². The van der Waals surface area contributed by atoms with Gasteiger partial charge in [-0.15, -0.1) is 0 Å². The molecule has 3 nitrogen and oxygen atoms in total. The van der Waals surface area contributed by atoms with Gasteiger partial charge in [-0.25, -0.2) is 8.78 Å². The number of rotatable bonds is 6. The molecule has 1 atom stereocenters. The van der Waals surface area contributed by atoms with Crippen LogP contribution in [0.15, 0.2) is 18.2 Å². The van der Waals surface area contributed by atoms with Crippen LogP contribution >= 0.6 is 0 Å². The van der Waals surface area contributed by atoms with E-state index in [1.807, 2.05) is 6.07 Å².